The van der Waals surface area contributed by atoms with E-state index in [1.165, 1.54) is 11.6 Å². The molecule has 1 aromatic carbocycles. The van der Waals surface area contributed by atoms with E-state index >= 15 is 0 Å². The lowest BCUT2D eigenvalue weighted by Crippen LogP contribution is -2.29. The molecule has 0 aliphatic carbocycles. The predicted octanol–water partition coefficient (Wildman–Crippen LogP) is 2.85. The number of likely N-dealkylation sites (tertiary alicyclic amines) is 1. The number of piperidine rings is 1. The summed E-state index contributed by atoms with van der Waals surface area (Å²) in [7, 11) is 2.14. The van der Waals surface area contributed by atoms with Crippen LogP contribution in [0.25, 0.3) is 11.3 Å². The molecule has 0 atom stereocenters. The molecule has 0 saturated carbocycles. The fraction of sp³-hybridized carbons (Fsp3) is 0.375. The first kappa shape index (κ1) is 13.8. The zero-order chi connectivity index (χ0) is 14.8. The van der Waals surface area contributed by atoms with Gasteiger partial charge in [0.25, 0.3) is 0 Å². The molecule has 1 saturated heterocycles. The molecule has 2 aromatic rings. The van der Waals surface area contributed by atoms with Gasteiger partial charge < -0.3 is 14.5 Å². The van der Waals surface area contributed by atoms with Gasteiger partial charge in [-0.1, -0.05) is 29.4 Å². The van der Waals surface area contributed by atoms with Crippen molar-refractivity contribution in [2.45, 2.75) is 18.8 Å². The standard InChI is InChI=1S/C16H18N2O3/c1-18-8-6-11(7-9-18)12-4-2-3-5-13(12)15-10-14(16(19)20)17-21-15/h2-5,10-11H,6-9H2,1H3,(H,19,20). The van der Waals surface area contributed by atoms with Crippen molar-refractivity contribution in [1.82, 2.24) is 10.1 Å². The predicted molar refractivity (Wildman–Crippen MR) is 78.4 cm³/mol. The minimum atomic E-state index is -1.07. The van der Waals surface area contributed by atoms with Crippen molar-refractivity contribution in [2.75, 3.05) is 20.1 Å². The van der Waals surface area contributed by atoms with Crippen LogP contribution in [-0.4, -0.2) is 41.3 Å². The zero-order valence-electron chi connectivity index (χ0n) is 12.0. The molecule has 0 unspecified atom stereocenters. The zero-order valence-corrected chi connectivity index (χ0v) is 12.0. The third-order valence-corrected chi connectivity index (χ3v) is 4.11. The fourth-order valence-corrected chi connectivity index (χ4v) is 2.90. The van der Waals surface area contributed by atoms with Crippen LogP contribution in [-0.2, 0) is 0 Å². The van der Waals surface area contributed by atoms with Crippen molar-refractivity contribution in [3.05, 3.63) is 41.6 Å². The Hall–Kier alpha value is -2.14. The van der Waals surface area contributed by atoms with Crippen molar-refractivity contribution in [1.29, 1.82) is 0 Å². The van der Waals surface area contributed by atoms with Gasteiger partial charge in [0.05, 0.1) is 0 Å². The molecule has 2 heterocycles. The highest BCUT2D eigenvalue weighted by atomic mass is 16.5. The van der Waals surface area contributed by atoms with Gasteiger partial charge in [-0.3, -0.25) is 0 Å². The second kappa shape index (κ2) is 5.69. The summed E-state index contributed by atoms with van der Waals surface area (Å²) in [6.45, 7) is 2.16. The quantitative estimate of drug-likeness (QED) is 0.939. The Bertz CT molecular complexity index is 642. The number of hydrogen-bond donors (Lipinski definition) is 1. The molecular formula is C16H18N2O3. The Morgan fingerprint density at radius 3 is 2.71 bits per heavy atom. The fourth-order valence-electron chi connectivity index (χ4n) is 2.90. The highest BCUT2D eigenvalue weighted by Gasteiger charge is 2.23. The van der Waals surface area contributed by atoms with Crippen LogP contribution in [0.15, 0.2) is 34.9 Å². The van der Waals surface area contributed by atoms with Gasteiger partial charge in [0, 0.05) is 11.6 Å². The van der Waals surface area contributed by atoms with Crippen LogP contribution in [0.4, 0.5) is 0 Å². The number of rotatable bonds is 3. The first-order chi connectivity index (χ1) is 10.1. The van der Waals surface area contributed by atoms with E-state index in [1.807, 2.05) is 18.2 Å². The average Bonchev–Trinajstić information content (AvgIpc) is 2.98. The summed E-state index contributed by atoms with van der Waals surface area (Å²) in [5.74, 6) is -0.0560. The minimum Gasteiger partial charge on any atom is -0.476 e. The summed E-state index contributed by atoms with van der Waals surface area (Å²) in [6.07, 6.45) is 2.21. The first-order valence-electron chi connectivity index (χ1n) is 7.13. The lowest BCUT2D eigenvalue weighted by Gasteiger charge is -2.30. The number of carboxylic acids is 1. The van der Waals surface area contributed by atoms with Gasteiger partial charge in [0.1, 0.15) is 0 Å². The van der Waals surface area contributed by atoms with Crippen LogP contribution in [0.5, 0.6) is 0 Å². The van der Waals surface area contributed by atoms with Crippen LogP contribution in [0.3, 0.4) is 0 Å². The SMILES string of the molecule is CN1CCC(c2ccccc2-c2cc(C(=O)O)no2)CC1. The maximum atomic E-state index is 10.9. The summed E-state index contributed by atoms with van der Waals surface area (Å²) >= 11 is 0. The summed E-state index contributed by atoms with van der Waals surface area (Å²) in [5, 5.41) is 12.6. The first-order valence-corrected chi connectivity index (χ1v) is 7.13. The molecule has 5 heteroatoms. The van der Waals surface area contributed by atoms with Crippen molar-refractivity contribution < 1.29 is 14.4 Å². The van der Waals surface area contributed by atoms with Crippen molar-refractivity contribution in [3.8, 4) is 11.3 Å². The molecule has 0 amide bonds. The minimum absolute atomic E-state index is 0.0526. The molecular weight excluding hydrogens is 268 g/mol. The van der Waals surface area contributed by atoms with Crippen LogP contribution in [0.2, 0.25) is 0 Å². The van der Waals surface area contributed by atoms with Crippen LogP contribution >= 0.6 is 0 Å². The van der Waals surface area contributed by atoms with Gasteiger partial charge in [-0.25, -0.2) is 4.79 Å². The van der Waals surface area contributed by atoms with E-state index in [2.05, 4.69) is 23.2 Å². The van der Waals surface area contributed by atoms with Gasteiger partial charge in [0.15, 0.2) is 11.5 Å². The largest absolute Gasteiger partial charge is 0.476 e. The highest BCUT2D eigenvalue weighted by molar-refractivity contribution is 5.86. The summed E-state index contributed by atoms with van der Waals surface area (Å²) in [5.41, 5.74) is 2.12. The second-order valence-corrected chi connectivity index (χ2v) is 5.55. The van der Waals surface area contributed by atoms with Crippen molar-refractivity contribution >= 4 is 5.97 Å². The Morgan fingerprint density at radius 1 is 1.33 bits per heavy atom. The molecule has 3 rings (SSSR count). The van der Waals surface area contributed by atoms with E-state index in [0.717, 1.165) is 31.5 Å². The van der Waals surface area contributed by atoms with Gasteiger partial charge in [-0.15, -0.1) is 0 Å². The van der Waals surface area contributed by atoms with Crippen LogP contribution in [0, 0.1) is 0 Å². The number of benzene rings is 1. The van der Waals surface area contributed by atoms with Crippen molar-refractivity contribution in [2.24, 2.45) is 0 Å². The monoisotopic (exact) mass is 286 g/mol. The summed E-state index contributed by atoms with van der Waals surface area (Å²) in [4.78, 5) is 13.3. The van der Waals surface area contributed by atoms with Gasteiger partial charge in [-0.2, -0.15) is 0 Å². The lowest BCUT2D eigenvalue weighted by atomic mass is 9.86. The highest BCUT2D eigenvalue weighted by Crippen LogP contribution is 2.35. The topological polar surface area (TPSA) is 66.6 Å². The molecule has 21 heavy (non-hydrogen) atoms. The summed E-state index contributed by atoms with van der Waals surface area (Å²) in [6, 6.07) is 9.53. The number of carboxylic acid groups (broad SMARTS) is 1. The number of aromatic nitrogens is 1. The Balaban J connectivity index is 1.93. The Kier molecular flexibility index (Phi) is 3.75. The van der Waals surface area contributed by atoms with E-state index < -0.39 is 5.97 Å². The molecule has 1 aliphatic heterocycles. The Labute approximate surface area is 123 Å². The smallest absolute Gasteiger partial charge is 0.358 e. The molecule has 0 radical (unpaired) electrons. The van der Waals surface area contributed by atoms with Gasteiger partial charge in [0.2, 0.25) is 0 Å². The summed E-state index contributed by atoms with van der Waals surface area (Å²) < 4.78 is 5.22. The number of hydrogen-bond acceptors (Lipinski definition) is 4. The van der Waals surface area contributed by atoms with E-state index in [4.69, 9.17) is 9.63 Å². The third kappa shape index (κ3) is 2.83. The van der Waals surface area contributed by atoms with Gasteiger partial charge >= 0.3 is 5.97 Å². The van der Waals surface area contributed by atoms with E-state index in [9.17, 15) is 4.79 Å². The molecule has 0 spiro atoms. The van der Waals surface area contributed by atoms with E-state index in [1.54, 1.807) is 0 Å². The number of aromatic carboxylic acids is 1. The normalized spacial score (nSPS) is 17.0. The molecule has 110 valence electrons. The van der Waals surface area contributed by atoms with Crippen molar-refractivity contribution in [3.63, 3.8) is 0 Å². The maximum absolute atomic E-state index is 10.9. The number of nitrogens with zero attached hydrogens (tertiary/aromatic N) is 2. The lowest BCUT2D eigenvalue weighted by molar-refractivity contribution is 0.0686. The molecule has 1 aromatic heterocycles. The second-order valence-electron chi connectivity index (χ2n) is 5.55. The molecule has 1 fully saturated rings. The Morgan fingerprint density at radius 2 is 2.05 bits per heavy atom. The van der Waals surface area contributed by atoms with E-state index in [0.29, 0.717) is 11.7 Å². The third-order valence-electron chi connectivity index (χ3n) is 4.11. The molecule has 0 bridgehead atoms. The van der Waals surface area contributed by atoms with Gasteiger partial charge in [-0.05, 0) is 44.5 Å². The molecule has 1 N–H and O–H groups in total. The van der Waals surface area contributed by atoms with Crippen LogP contribution in [0.1, 0.15) is 34.8 Å². The average molecular weight is 286 g/mol. The van der Waals surface area contributed by atoms with E-state index in [-0.39, 0.29) is 5.69 Å². The molecule has 1 aliphatic rings. The van der Waals surface area contributed by atoms with Crippen LogP contribution < -0.4 is 0 Å². The number of carbonyl (C=O) groups is 1. The maximum Gasteiger partial charge on any atom is 0.358 e. The molecule has 5 nitrogen and oxygen atoms in total.